The molecule has 0 aromatic heterocycles. The lowest BCUT2D eigenvalue weighted by molar-refractivity contribution is 0.184. The van der Waals surface area contributed by atoms with E-state index in [0.717, 1.165) is 11.8 Å². The predicted octanol–water partition coefficient (Wildman–Crippen LogP) is 2.74. The molecule has 2 aliphatic heterocycles. The molecule has 0 aliphatic carbocycles. The third-order valence-corrected chi connectivity index (χ3v) is 3.96. The smallest absolute Gasteiger partial charge is 0.00191 e. The molecule has 0 aromatic carbocycles. The number of hydrogen-bond acceptors (Lipinski definition) is 2. The van der Waals surface area contributed by atoms with Crippen LogP contribution in [0.5, 0.6) is 0 Å². The summed E-state index contributed by atoms with van der Waals surface area (Å²) in [6, 6.07) is 0. The van der Waals surface area contributed by atoms with Crippen LogP contribution in [0.1, 0.15) is 46.0 Å². The van der Waals surface area contributed by atoms with Crippen molar-refractivity contribution >= 4 is 0 Å². The molecule has 0 amide bonds. The Balaban J connectivity index is 0.000000606. The van der Waals surface area contributed by atoms with Gasteiger partial charge < -0.3 is 10.2 Å². The summed E-state index contributed by atoms with van der Waals surface area (Å²) in [5.74, 6) is 2.07. The molecule has 2 aliphatic rings. The predicted molar refractivity (Wildman–Crippen MR) is 71.8 cm³/mol. The Kier molecular flexibility index (Phi) is 7.06. The van der Waals surface area contributed by atoms with Crippen molar-refractivity contribution < 1.29 is 0 Å². The topological polar surface area (TPSA) is 15.3 Å². The number of hydrogen-bond donors (Lipinski definition) is 1. The van der Waals surface area contributed by atoms with Crippen LogP contribution in [0.25, 0.3) is 0 Å². The average Bonchev–Trinajstić information content (AvgIpc) is 2.36. The minimum absolute atomic E-state index is 1.03. The van der Waals surface area contributed by atoms with Gasteiger partial charge in [-0.15, -0.1) is 0 Å². The first-order chi connectivity index (χ1) is 7.84. The van der Waals surface area contributed by atoms with Crippen LogP contribution in [0.4, 0.5) is 0 Å². The Morgan fingerprint density at radius 1 is 0.938 bits per heavy atom. The van der Waals surface area contributed by atoms with Crippen LogP contribution in [0.15, 0.2) is 0 Å². The Labute approximate surface area is 102 Å². The minimum Gasteiger partial charge on any atom is -0.317 e. The molecule has 0 aromatic rings. The summed E-state index contributed by atoms with van der Waals surface area (Å²) >= 11 is 0. The van der Waals surface area contributed by atoms with Crippen molar-refractivity contribution in [2.24, 2.45) is 11.8 Å². The van der Waals surface area contributed by atoms with Gasteiger partial charge in [-0.05, 0) is 77.2 Å². The summed E-state index contributed by atoms with van der Waals surface area (Å²) in [6.45, 7) is 9.18. The van der Waals surface area contributed by atoms with Crippen LogP contribution in [-0.2, 0) is 0 Å². The van der Waals surface area contributed by atoms with Crippen molar-refractivity contribution in [3.8, 4) is 0 Å². The fourth-order valence-electron chi connectivity index (χ4n) is 2.89. The Bertz CT molecular complexity index is 156. The van der Waals surface area contributed by atoms with Crippen molar-refractivity contribution in [3.63, 3.8) is 0 Å². The monoisotopic (exact) mass is 226 g/mol. The second-order valence-electron chi connectivity index (χ2n) is 5.18. The normalized spacial score (nSPS) is 24.9. The Morgan fingerprint density at radius 2 is 1.44 bits per heavy atom. The van der Waals surface area contributed by atoms with Crippen LogP contribution in [0.2, 0.25) is 0 Å². The van der Waals surface area contributed by atoms with Crippen molar-refractivity contribution in [1.29, 1.82) is 0 Å². The van der Waals surface area contributed by atoms with E-state index >= 15 is 0 Å². The van der Waals surface area contributed by atoms with E-state index in [1.54, 1.807) is 0 Å². The quantitative estimate of drug-likeness (QED) is 0.779. The van der Waals surface area contributed by atoms with Crippen molar-refractivity contribution in [2.75, 3.05) is 33.2 Å². The number of piperidine rings is 2. The maximum absolute atomic E-state index is 3.45. The second-order valence-corrected chi connectivity index (χ2v) is 5.18. The summed E-state index contributed by atoms with van der Waals surface area (Å²) in [5, 5.41) is 3.45. The zero-order valence-electron chi connectivity index (χ0n) is 11.5. The molecule has 0 unspecified atom stereocenters. The molecular weight excluding hydrogens is 196 g/mol. The van der Waals surface area contributed by atoms with E-state index in [1.807, 2.05) is 13.8 Å². The summed E-state index contributed by atoms with van der Waals surface area (Å²) in [7, 11) is 2.25. The number of likely N-dealkylation sites (tertiary alicyclic amines) is 1. The number of nitrogens with zero attached hydrogens (tertiary/aromatic N) is 1. The van der Waals surface area contributed by atoms with Gasteiger partial charge in [-0.2, -0.15) is 0 Å². The van der Waals surface area contributed by atoms with Gasteiger partial charge in [0.1, 0.15) is 0 Å². The van der Waals surface area contributed by atoms with Gasteiger partial charge in [0.25, 0.3) is 0 Å². The van der Waals surface area contributed by atoms with Gasteiger partial charge in [0.2, 0.25) is 0 Å². The summed E-state index contributed by atoms with van der Waals surface area (Å²) in [4.78, 5) is 2.47. The van der Waals surface area contributed by atoms with E-state index in [9.17, 15) is 0 Å². The van der Waals surface area contributed by atoms with Crippen LogP contribution < -0.4 is 5.32 Å². The fourth-order valence-corrected chi connectivity index (χ4v) is 2.89. The number of nitrogens with one attached hydrogen (secondary N) is 1. The lowest BCUT2D eigenvalue weighted by Gasteiger charge is -2.32. The molecular formula is C14H30N2. The molecule has 96 valence electrons. The second kappa shape index (κ2) is 8.08. The first-order valence-electron chi connectivity index (χ1n) is 7.24. The van der Waals surface area contributed by atoms with Crippen LogP contribution in [0, 0.1) is 11.8 Å². The van der Waals surface area contributed by atoms with E-state index < -0.39 is 0 Å². The summed E-state index contributed by atoms with van der Waals surface area (Å²) < 4.78 is 0. The van der Waals surface area contributed by atoms with Crippen molar-refractivity contribution in [2.45, 2.75) is 46.0 Å². The molecule has 0 radical (unpaired) electrons. The van der Waals surface area contributed by atoms with Gasteiger partial charge in [0.15, 0.2) is 0 Å². The van der Waals surface area contributed by atoms with Gasteiger partial charge in [0.05, 0.1) is 0 Å². The Hall–Kier alpha value is -0.0800. The molecule has 2 heteroatoms. The maximum Gasteiger partial charge on any atom is -0.00191 e. The molecule has 1 N–H and O–H groups in total. The molecule has 0 bridgehead atoms. The van der Waals surface area contributed by atoms with E-state index in [0.29, 0.717) is 0 Å². The zero-order valence-corrected chi connectivity index (χ0v) is 11.5. The lowest BCUT2D eigenvalue weighted by atomic mass is 9.83. The fraction of sp³-hybridized carbons (Fsp3) is 1.00. The van der Waals surface area contributed by atoms with Gasteiger partial charge in [-0.25, -0.2) is 0 Å². The third-order valence-electron chi connectivity index (χ3n) is 3.96. The molecule has 2 rings (SSSR count). The highest BCUT2D eigenvalue weighted by atomic mass is 15.1. The average molecular weight is 226 g/mol. The van der Waals surface area contributed by atoms with Gasteiger partial charge >= 0.3 is 0 Å². The van der Waals surface area contributed by atoms with E-state index in [-0.39, 0.29) is 0 Å². The van der Waals surface area contributed by atoms with E-state index in [2.05, 4.69) is 17.3 Å². The molecule has 0 atom stereocenters. The van der Waals surface area contributed by atoms with Crippen LogP contribution >= 0.6 is 0 Å². The first kappa shape index (κ1) is 14.0. The van der Waals surface area contributed by atoms with Crippen LogP contribution in [-0.4, -0.2) is 38.1 Å². The van der Waals surface area contributed by atoms with E-state index in [1.165, 1.54) is 58.3 Å². The van der Waals surface area contributed by atoms with E-state index in [4.69, 9.17) is 0 Å². The standard InChI is InChI=1S/C12H24N2.C2H6/c1-14-8-4-12(5-9-14)10-11-2-6-13-7-3-11;1-2/h11-13H,2-10H2,1H3;1-2H3. The highest BCUT2D eigenvalue weighted by Gasteiger charge is 2.21. The van der Waals surface area contributed by atoms with Crippen LogP contribution in [0.3, 0.4) is 0 Å². The van der Waals surface area contributed by atoms with Gasteiger partial charge in [-0.1, -0.05) is 13.8 Å². The van der Waals surface area contributed by atoms with Crippen molar-refractivity contribution in [3.05, 3.63) is 0 Å². The first-order valence-corrected chi connectivity index (χ1v) is 7.24. The minimum atomic E-state index is 1.03. The molecule has 2 saturated heterocycles. The molecule has 0 spiro atoms. The lowest BCUT2D eigenvalue weighted by Crippen LogP contribution is -2.33. The molecule has 2 nitrogen and oxygen atoms in total. The number of rotatable bonds is 2. The maximum atomic E-state index is 3.45. The molecule has 2 heterocycles. The van der Waals surface area contributed by atoms with Gasteiger partial charge in [-0.3, -0.25) is 0 Å². The third kappa shape index (κ3) is 4.84. The van der Waals surface area contributed by atoms with Gasteiger partial charge in [0, 0.05) is 0 Å². The summed E-state index contributed by atoms with van der Waals surface area (Å²) in [6.07, 6.45) is 7.25. The highest BCUT2D eigenvalue weighted by Crippen LogP contribution is 2.27. The van der Waals surface area contributed by atoms with Crippen molar-refractivity contribution in [1.82, 2.24) is 10.2 Å². The summed E-state index contributed by atoms with van der Waals surface area (Å²) in [5.41, 5.74) is 0. The molecule has 16 heavy (non-hydrogen) atoms. The molecule has 0 saturated carbocycles. The largest absolute Gasteiger partial charge is 0.317 e. The highest BCUT2D eigenvalue weighted by molar-refractivity contribution is 4.76. The Morgan fingerprint density at radius 3 is 2.00 bits per heavy atom. The zero-order chi connectivity index (χ0) is 11.8. The molecule has 2 fully saturated rings. The SMILES string of the molecule is CC.CN1CCC(CC2CCNCC2)CC1.